The number of nitrogens with two attached hydrogens (primary N) is 1. The van der Waals surface area contributed by atoms with Crippen molar-refractivity contribution >= 4 is 16.9 Å². The fourth-order valence-electron chi connectivity index (χ4n) is 2.53. The predicted octanol–water partition coefficient (Wildman–Crippen LogP) is 2.79. The molecular weight excluding hydrogens is 276 g/mol. The molecule has 0 radical (unpaired) electrons. The van der Waals surface area contributed by atoms with Gasteiger partial charge in [-0.25, -0.2) is 0 Å². The zero-order valence-corrected chi connectivity index (χ0v) is 12.2. The lowest BCUT2D eigenvalue weighted by Gasteiger charge is -2.15. The molecule has 3 aromatic rings. The van der Waals surface area contributed by atoms with Gasteiger partial charge in [0.2, 0.25) is 5.91 Å². The Morgan fingerprint density at radius 3 is 2.55 bits per heavy atom. The lowest BCUT2D eigenvalue weighted by atomic mass is 10.1. The third-order valence-electron chi connectivity index (χ3n) is 3.61. The highest BCUT2D eigenvalue weighted by Crippen LogP contribution is 2.19. The van der Waals surface area contributed by atoms with E-state index in [2.05, 4.69) is 5.32 Å². The minimum absolute atomic E-state index is 0.379. The summed E-state index contributed by atoms with van der Waals surface area (Å²) in [5.41, 5.74) is 7.24. The Hall–Kier alpha value is -2.59. The Morgan fingerprint density at radius 2 is 1.82 bits per heavy atom. The topological polar surface area (TPSA) is 68.3 Å². The smallest absolute Gasteiger partial charge is 0.239 e. The number of para-hydroxylation sites is 1. The number of furan rings is 1. The zero-order valence-electron chi connectivity index (χ0n) is 12.2. The highest BCUT2D eigenvalue weighted by molar-refractivity contribution is 5.81. The Labute approximate surface area is 128 Å². The van der Waals surface area contributed by atoms with Crippen molar-refractivity contribution in [2.75, 3.05) is 6.54 Å². The molecule has 3 N–H and O–H groups in total. The van der Waals surface area contributed by atoms with E-state index in [4.69, 9.17) is 10.2 Å². The van der Waals surface area contributed by atoms with Crippen molar-refractivity contribution in [1.82, 2.24) is 5.32 Å². The number of carbonyl (C=O) groups excluding carboxylic acids is 1. The van der Waals surface area contributed by atoms with Crippen LogP contribution in [0, 0.1) is 0 Å². The molecule has 1 heterocycles. The molecule has 0 unspecified atom stereocenters. The van der Waals surface area contributed by atoms with E-state index in [1.54, 1.807) is 0 Å². The minimum Gasteiger partial charge on any atom is -0.461 e. The maximum atomic E-state index is 11.6. The summed E-state index contributed by atoms with van der Waals surface area (Å²) in [6.07, 6.45) is 0.700. The molecule has 2 aromatic carbocycles. The molecule has 0 bridgehead atoms. The molecule has 0 saturated carbocycles. The average molecular weight is 294 g/mol. The SMILES string of the molecule is NC(=O)[C@H](NCCc1cc2ccccc2o1)c1ccccc1. The molecule has 1 amide bonds. The van der Waals surface area contributed by atoms with Gasteiger partial charge >= 0.3 is 0 Å². The summed E-state index contributed by atoms with van der Waals surface area (Å²) in [5.74, 6) is 0.515. The number of amides is 1. The third-order valence-corrected chi connectivity index (χ3v) is 3.61. The van der Waals surface area contributed by atoms with Gasteiger partial charge in [0.15, 0.2) is 0 Å². The van der Waals surface area contributed by atoms with Gasteiger partial charge in [-0.3, -0.25) is 4.79 Å². The molecule has 3 rings (SSSR count). The molecule has 0 spiro atoms. The van der Waals surface area contributed by atoms with Gasteiger partial charge in [-0.15, -0.1) is 0 Å². The summed E-state index contributed by atoms with van der Waals surface area (Å²) in [4.78, 5) is 11.6. The summed E-state index contributed by atoms with van der Waals surface area (Å²) < 4.78 is 5.76. The van der Waals surface area contributed by atoms with Crippen LogP contribution in [0.4, 0.5) is 0 Å². The van der Waals surface area contributed by atoms with Gasteiger partial charge < -0.3 is 15.5 Å². The van der Waals surface area contributed by atoms with E-state index in [9.17, 15) is 4.79 Å². The van der Waals surface area contributed by atoms with Crippen LogP contribution >= 0.6 is 0 Å². The molecule has 4 nitrogen and oxygen atoms in total. The van der Waals surface area contributed by atoms with Gasteiger partial charge in [0.05, 0.1) is 0 Å². The lowest BCUT2D eigenvalue weighted by molar-refractivity contribution is -0.120. The molecule has 1 atom stereocenters. The second kappa shape index (κ2) is 6.45. The van der Waals surface area contributed by atoms with Crippen LogP contribution in [0.15, 0.2) is 65.1 Å². The first-order chi connectivity index (χ1) is 10.7. The summed E-state index contributed by atoms with van der Waals surface area (Å²) in [7, 11) is 0. The van der Waals surface area contributed by atoms with Crippen molar-refractivity contribution in [3.63, 3.8) is 0 Å². The predicted molar refractivity (Wildman–Crippen MR) is 86.3 cm³/mol. The highest BCUT2D eigenvalue weighted by Gasteiger charge is 2.16. The molecule has 4 heteroatoms. The second-order valence-corrected chi connectivity index (χ2v) is 5.20. The molecule has 0 fully saturated rings. The Balaban J connectivity index is 1.64. The van der Waals surface area contributed by atoms with Crippen LogP contribution in [-0.2, 0) is 11.2 Å². The number of primary amides is 1. The van der Waals surface area contributed by atoms with Crippen molar-refractivity contribution < 1.29 is 9.21 Å². The van der Waals surface area contributed by atoms with E-state index < -0.39 is 6.04 Å². The first-order valence-corrected chi connectivity index (χ1v) is 7.29. The molecule has 0 aliphatic rings. The van der Waals surface area contributed by atoms with Crippen molar-refractivity contribution in [3.8, 4) is 0 Å². The largest absolute Gasteiger partial charge is 0.461 e. The van der Waals surface area contributed by atoms with E-state index in [0.29, 0.717) is 13.0 Å². The summed E-state index contributed by atoms with van der Waals surface area (Å²) >= 11 is 0. The van der Waals surface area contributed by atoms with Crippen LogP contribution in [0.2, 0.25) is 0 Å². The van der Waals surface area contributed by atoms with Crippen LogP contribution in [0.25, 0.3) is 11.0 Å². The number of nitrogens with one attached hydrogen (secondary N) is 1. The quantitative estimate of drug-likeness (QED) is 0.734. The first kappa shape index (κ1) is 14.4. The van der Waals surface area contributed by atoms with Crippen LogP contribution in [0.3, 0.4) is 0 Å². The van der Waals surface area contributed by atoms with E-state index in [0.717, 1.165) is 22.3 Å². The molecule has 1 aromatic heterocycles. The molecule has 0 aliphatic heterocycles. The maximum absolute atomic E-state index is 11.6. The van der Waals surface area contributed by atoms with Gasteiger partial charge in [-0.2, -0.15) is 0 Å². The Bertz CT molecular complexity index is 732. The van der Waals surface area contributed by atoms with Crippen LogP contribution < -0.4 is 11.1 Å². The standard InChI is InChI=1S/C18H18N2O2/c19-18(21)17(13-6-2-1-3-7-13)20-11-10-15-12-14-8-4-5-9-16(14)22-15/h1-9,12,17,20H,10-11H2,(H2,19,21)/t17-/m1/s1. The molecule has 22 heavy (non-hydrogen) atoms. The molecule has 112 valence electrons. The van der Waals surface area contributed by atoms with E-state index in [-0.39, 0.29) is 5.91 Å². The van der Waals surface area contributed by atoms with Gasteiger partial charge in [0.1, 0.15) is 17.4 Å². The maximum Gasteiger partial charge on any atom is 0.239 e. The lowest BCUT2D eigenvalue weighted by Crippen LogP contribution is -2.34. The summed E-state index contributed by atoms with van der Waals surface area (Å²) in [6.45, 7) is 0.613. The molecular formula is C18H18N2O2. The Morgan fingerprint density at radius 1 is 1.09 bits per heavy atom. The van der Waals surface area contributed by atoms with Gasteiger partial charge in [-0.05, 0) is 17.7 Å². The third kappa shape index (κ3) is 3.18. The first-order valence-electron chi connectivity index (χ1n) is 7.29. The van der Waals surface area contributed by atoms with Gasteiger partial charge in [0.25, 0.3) is 0 Å². The summed E-state index contributed by atoms with van der Waals surface area (Å²) in [5, 5.41) is 4.28. The fourth-order valence-corrected chi connectivity index (χ4v) is 2.53. The molecule has 0 aliphatic carbocycles. The number of fused-ring (bicyclic) bond motifs is 1. The van der Waals surface area contributed by atoms with Gasteiger partial charge in [-0.1, -0.05) is 48.5 Å². The zero-order chi connectivity index (χ0) is 15.4. The number of carbonyl (C=O) groups is 1. The minimum atomic E-state index is -0.481. The van der Waals surface area contributed by atoms with Crippen LogP contribution in [0.1, 0.15) is 17.4 Å². The van der Waals surface area contributed by atoms with Crippen LogP contribution in [0.5, 0.6) is 0 Å². The van der Waals surface area contributed by atoms with Crippen LogP contribution in [-0.4, -0.2) is 12.5 Å². The van der Waals surface area contributed by atoms with Gasteiger partial charge in [0, 0.05) is 18.4 Å². The molecule has 0 saturated heterocycles. The van der Waals surface area contributed by atoms with E-state index in [1.807, 2.05) is 60.7 Å². The van der Waals surface area contributed by atoms with Crippen molar-refractivity contribution in [2.24, 2.45) is 5.73 Å². The Kier molecular flexibility index (Phi) is 4.21. The highest BCUT2D eigenvalue weighted by atomic mass is 16.3. The monoisotopic (exact) mass is 294 g/mol. The number of benzene rings is 2. The average Bonchev–Trinajstić information content (AvgIpc) is 2.94. The van der Waals surface area contributed by atoms with E-state index in [1.165, 1.54) is 0 Å². The normalized spacial score (nSPS) is 12.4. The van der Waals surface area contributed by atoms with Crippen molar-refractivity contribution in [1.29, 1.82) is 0 Å². The number of rotatable bonds is 6. The van der Waals surface area contributed by atoms with E-state index >= 15 is 0 Å². The summed E-state index contributed by atoms with van der Waals surface area (Å²) in [6, 6.07) is 18.9. The van der Waals surface area contributed by atoms with Crippen molar-refractivity contribution in [3.05, 3.63) is 72.0 Å². The fraction of sp³-hybridized carbons (Fsp3) is 0.167. The second-order valence-electron chi connectivity index (χ2n) is 5.20. The van der Waals surface area contributed by atoms with Crippen molar-refractivity contribution in [2.45, 2.75) is 12.5 Å². The number of hydrogen-bond donors (Lipinski definition) is 2. The number of hydrogen-bond acceptors (Lipinski definition) is 3.